The first-order valence-electron chi connectivity index (χ1n) is 7.04. The van der Waals surface area contributed by atoms with Crippen LogP contribution in [0.5, 0.6) is 0 Å². The Kier molecular flexibility index (Phi) is 5.90. The highest BCUT2D eigenvalue weighted by molar-refractivity contribution is 7.89. The first-order chi connectivity index (χ1) is 9.51. The van der Waals surface area contributed by atoms with E-state index < -0.39 is 15.8 Å². The van der Waals surface area contributed by atoms with Crippen LogP contribution in [0, 0.1) is 11.7 Å². The molecule has 1 aromatic carbocycles. The number of rotatable bonds is 6. The molecule has 120 valence electrons. The van der Waals surface area contributed by atoms with Crippen LogP contribution in [0.1, 0.15) is 40.2 Å². The Hall–Kier alpha value is -0.980. The fourth-order valence-electron chi connectivity index (χ4n) is 1.57. The number of halogens is 1. The van der Waals surface area contributed by atoms with Gasteiger partial charge in [-0.15, -0.1) is 0 Å². The number of benzene rings is 1. The van der Waals surface area contributed by atoms with Crippen molar-refractivity contribution in [1.82, 2.24) is 10.0 Å². The lowest BCUT2D eigenvalue weighted by atomic mass is 10.1. The fourth-order valence-corrected chi connectivity index (χ4v) is 2.84. The van der Waals surface area contributed by atoms with Gasteiger partial charge in [-0.1, -0.05) is 13.8 Å². The zero-order valence-electron chi connectivity index (χ0n) is 13.3. The summed E-state index contributed by atoms with van der Waals surface area (Å²) >= 11 is 0. The Labute approximate surface area is 127 Å². The number of hydrogen-bond donors (Lipinski definition) is 2. The molecule has 1 aromatic rings. The summed E-state index contributed by atoms with van der Waals surface area (Å²) in [7, 11) is -3.59. The van der Waals surface area contributed by atoms with Gasteiger partial charge in [-0.2, -0.15) is 0 Å². The molecule has 0 saturated carbocycles. The van der Waals surface area contributed by atoms with E-state index in [-0.39, 0.29) is 22.9 Å². The lowest BCUT2D eigenvalue weighted by molar-refractivity contribution is 0.418. The molecule has 0 unspecified atom stereocenters. The van der Waals surface area contributed by atoms with E-state index in [4.69, 9.17) is 0 Å². The third-order valence-corrected chi connectivity index (χ3v) is 4.24. The molecule has 21 heavy (non-hydrogen) atoms. The summed E-state index contributed by atoms with van der Waals surface area (Å²) in [5, 5.41) is 3.15. The van der Waals surface area contributed by atoms with E-state index in [1.54, 1.807) is 0 Å². The second kappa shape index (κ2) is 6.85. The van der Waals surface area contributed by atoms with Gasteiger partial charge in [0.2, 0.25) is 10.0 Å². The normalized spacial score (nSPS) is 12.9. The quantitative estimate of drug-likeness (QED) is 0.848. The van der Waals surface area contributed by atoms with Crippen LogP contribution in [0.25, 0.3) is 0 Å². The van der Waals surface area contributed by atoms with Crippen molar-refractivity contribution in [3.63, 3.8) is 0 Å². The van der Waals surface area contributed by atoms with Crippen molar-refractivity contribution in [2.75, 3.05) is 6.54 Å². The number of hydrogen-bond acceptors (Lipinski definition) is 3. The first kappa shape index (κ1) is 18.1. The van der Waals surface area contributed by atoms with Crippen molar-refractivity contribution >= 4 is 10.0 Å². The first-order valence-corrected chi connectivity index (χ1v) is 8.53. The maximum absolute atomic E-state index is 13.8. The maximum atomic E-state index is 13.8. The lowest BCUT2D eigenvalue weighted by Crippen LogP contribution is -2.35. The molecule has 0 atom stereocenters. The Bertz CT molecular complexity index is 578. The zero-order valence-corrected chi connectivity index (χ0v) is 14.1. The van der Waals surface area contributed by atoms with Gasteiger partial charge < -0.3 is 5.32 Å². The molecule has 0 saturated heterocycles. The van der Waals surface area contributed by atoms with Crippen molar-refractivity contribution < 1.29 is 12.8 Å². The summed E-state index contributed by atoms with van der Waals surface area (Å²) in [6, 6.07) is 3.87. The number of nitrogens with one attached hydrogen (secondary N) is 2. The highest BCUT2D eigenvalue weighted by Crippen LogP contribution is 2.16. The van der Waals surface area contributed by atoms with Gasteiger partial charge in [-0.3, -0.25) is 0 Å². The van der Waals surface area contributed by atoms with Crippen LogP contribution in [-0.2, 0) is 16.6 Å². The van der Waals surface area contributed by atoms with Gasteiger partial charge in [-0.05, 0) is 44.9 Å². The summed E-state index contributed by atoms with van der Waals surface area (Å²) in [4.78, 5) is 0.0928. The van der Waals surface area contributed by atoms with Gasteiger partial charge in [0, 0.05) is 24.2 Å². The summed E-state index contributed by atoms with van der Waals surface area (Å²) in [6.07, 6.45) is 0. The fraction of sp³-hybridized carbons (Fsp3) is 0.600. The van der Waals surface area contributed by atoms with Crippen LogP contribution in [0.2, 0.25) is 0 Å². The van der Waals surface area contributed by atoms with E-state index in [9.17, 15) is 12.8 Å². The minimum atomic E-state index is -3.59. The van der Waals surface area contributed by atoms with Crippen LogP contribution in [0.3, 0.4) is 0 Å². The molecule has 0 aromatic heterocycles. The molecule has 6 heteroatoms. The average molecular weight is 316 g/mol. The van der Waals surface area contributed by atoms with Gasteiger partial charge >= 0.3 is 0 Å². The highest BCUT2D eigenvalue weighted by Gasteiger charge is 2.17. The van der Waals surface area contributed by atoms with Gasteiger partial charge in [-0.25, -0.2) is 17.5 Å². The van der Waals surface area contributed by atoms with Gasteiger partial charge in [0.25, 0.3) is 0 Å². The molecule has 0 amide bonds. The van der Waals surface area contributed by atoms with Crippen LogP contribution >= 0.6 is 0 Å². The third-order valence-electron chi connectivity index (χ3n) is 2.82. The largest absolute Gasteiger partial charge is 0.308 e. The molecule has 0 fully saturated rings. The van der Waals surface area contributed by atoms with E-state index >= 15 is 0 Å². The average Bonchev–Trinajstić information content (AvgIpc) is 2.34. The minimum Gasteiger partial charge on any atom is -0.308 e. The van der Waals surface area contributed by atoms with Crippen molar-refractivity contribution in [3.05, 3.63) is 29.6 Å². The second-order valence-electron chi connectivity index (χ2n) is 6.60. The van der Waals surface area contributed by atoms with E-state index in [2.05, 4.69) is 10.0 Å². The molecule has 1 rings (SSSR count). The number of sulfonamides is 1. The van der Waals surface area contributed by atoms with Gasteiger partial charge in [0.1, 0.15) is 5.82 Å². The summed E-state index contributed by atoms with van der Waals surface area (Å²) in [5.41, 5.74) is 0.175. The standard InChI is InChI=1S/C15H25FN2O2S/c1-11(2)9-18-21(19,20)13-6-7-14(16)12(8-13)10-17-15(3,4)5/h6-8,11,17-18H,9-10H2,1-5H3. The lowest BCUT2D eigenvalue weighted by Gasteiger charge is -2.21. The van der Waals surface area contributed by atoms with Crippen LogP contribution in [-0.4, -0.2) is 20.5 Å². The molecule has 0 heterocycles. The molecule has 0 spiro atoms. The van der Waals surface area contributed by atoms with E-state index in [0.717, 1.165) is 0 Å². The summed E-state index contributed by atoms with van der Waals surface area (Å²) in [6.45, 7) is 10.4. The summed E-state index contributed by atoms with van der Waals surface area (Å²) < 4.78 is 40.6. The highest BCUT2D eigenvalue weighted by atomic mass is 32.2. The van der Waals surface area contributed by atoms with Crippen molar-refractivity contribution in [3.8, 4) is 0 Å². The minimum absolute atomic E-state index is 0.0928. The third kappa shape index (κ3) is 6.11. The molecule has 0 radical (unpaired) electrons. The molecule has 2 N–H and O–H groups in total. The Morgan fingerprint density at radius 2 is 1.86 bits per heavy atom. The van der Waals surface area contributed by atoms with Crippen molar-refractivity contribution in [2.24, 2.45) is 5.92 Å². The molecular formula is C15H25FN2O2S. The molecule has 4 nitrogen and oxygen atoms in total. The maximum Gasteiger partial charge on any atom is 0.240 e. The Morgan fingerprint density at radius 3 is 2.38 bits per heavy atom. The molecule has 0 aliphatic carbocycles. The van der Waals surface area contributed by atoms with E-state index in [0.29, 0.717) is 12.1 Å². The van der Waals surface area contributed by atoms with Crippen LogP contribution in [0.15, 0.2) is 23.1 Å². The van der Waals surface area contributed by atoms with E-state index in [1.165, 1.54) is 18.2 Å². The van der Waals surface area contributed by atoms with Crippen molar-refractivity contribution in [1.29, 1.82) is 0 Å². The summed E-state index contributed by atoms with van der Waals surface area (Å²) in [5.74, 6) is -0.197. The van der Waals surface area contributed by atoms with Crippen LogP contribution < -0.4 is 10.0 Å². The smallest absolute Gasteiger partial charge is 0.240 e. The SMILES string of the molecule is CC(C)CNS(=O)(=O)c1ccc(F)c(CNC(C)(C)C)c1. The van der Waals surface area contributed by atoms with Crippen molar-refractivity contribution in [2.45, 2.75) is 51.6 Å². The predicted octanol–water partition coefficient (Wildman–Crippen LogP) is 2.65. The van der Waals surface area contributed by atoms with Gasteiger partial charge in [0.05, 0.1) is 4.90 Å². The van der Waals surface area contributed by atoms with Gasteiger partial charge in [0.15, 0.2) is 0 Å². The topological polar surface area (TPSA) is 58.2 Å². The molecule has 0 aliphatic rings. The Morgan fingerprint density at radius 1 is 1.24 bits per heavy atom. The molecule has 0 aliphatic heterocycles. The molecule has 0 bridgehead atoms. The predicted molar refractivity (Wildman–Crippen MR) is 83.0 cm³/mol. The monoisotopic (exact) mass is 316 g/mol. The van der Waals surface area contributed by atoms with E-state index in [1.807, 2.05) is 34.6 Å². The molecular weight excluding hydrogens is 291 g/mol. The zero-order chi connectivity index (χ0) is 16.3. The van der Waals surface area contributed by atoms with Crippen LogP contribution in [0.4, 0.5) is 4.39 Å². The Balaban J connectivity index is 2.95. The second-order valence-corrected chi connectivity index (χ2v) is 8.37.